The molecule has 0 radical (unpaired) electrons. The van der Waals surface area contributed by atoms with Gasteiger partial charge in [-0.05, 0) is 42.3 Å². The Morgan fingerprint density at radius 1 is 1.12 bits per heavy atom. The summed E-state index contributed by atoms with van der Waals surface area (Å²) < 4.78 is 5.31. The maximum atomic E-state index is 12.2. The van der Waals surface area contributed by atoms with Crippen molar-refractivity contribution < 1.29 is 14.3 Å². The van der Waals surface area contributed by atoms with Crippen molar-refractivity contribution in [3.05, 3.63) is 59.1 Å². The second-order valence-electron chi connectivity index (χ2n) is 5.56. The minimum atomic E-state index is -0.252. The molecule has 0 aliphatic carbocycles. The lowest BCUT2D eigenvalue weighted by Crippen LogP contribution is -2.38. The van der Waals surface area contributed by atoms with Crippen molar-refractivity contribution in [3.63, 3.8) is 0 Å². The summed E-state index contributed by atoms with van der Waals surface area (Å²) in [6.07, 6.45) is 0.609. The Bertz CT molecular complexity index is 732. The summed E-state index contributed by atoms with van der Waals surface area (Å²) >= 11 is 5.82. The molecule has 2 amide bonds. The maximum absolute atomic E-state index is 12.2. The van der Waals surface area contributed by atoms with Gasteiger partial charge in [-0.3, -0.25) is 9.59 Å². The molecule has 6 heteroatoms. The van der Waals surface area contributed by atoms with Crippen molar-refractivity contribution in [1.29, 1.82) is 0 Å². The SMILES string of the molecule is COc1ccccc1CCN(CC(=O)Nc1ccc(Cl)cc1)C(C)=O. The van der Waals surface area contributed by atoms with Crippen LogP contribution in [0.2, 0.25) is 5.02 Å². The minimum Gasteiger partial charge on any atom is -0.496 e. The number of benzene rings is 2. The average Bonchev–Trinajstić information content (AvgIpc) is 2.60. The number of amides is 2. The van der Waals surface area contributed by atoms with E-state index in [0.29, 0.717) is 23.7 Å². The topological polar surface area (TPSA) is 58.6 Å². The van der Waals surface area contributed by atoms with Crippen LogP contribution in [-0.2, 0) is 16.0 Å². The van der Waals surface area contributed by atoms with Crippen molar-refractivity contribution in [1.82, 2.24) is 4.90 Å². The Morgan fingerprint density at radius 3 is 2.44 bits per heavy atom. The first-order valence-electron chi connectivity index (χ1n) is 7.92. The molecule has 0 unspecified atom stereocenters. The van der Waals surface area contributed by atoms with Crippen molar-refractivity contribution in [2.24, 2.45) is 0 Å². The van der Waals surface area contributed by atoms with E-state index in [1.807, 2.05) is 24.3 Å². The molecular formula is C19H21ClN2O3. The highest BCUT2D eigenvalue weighted by molar-refractivity contribution is 6.30. The Kier molecular flexibility index (Phi) is 6.83. The first-order valence-corrected chi connectivity index (χ1v) is 8.30. The van der Waals surface area contributed by atoms with E-state index >= 15 is 0 Å². The standard InChI is InChI=1S/C19H21ClN2O3/c1-14(23)22(12-11-15-5-3-4-6-18(15)25-2)13-19(24)21-17-9-7-16(20)8-10-17/h3-10H,11-13H2,1-2H3,(H,21,24). The third-order valence-electron chi connectivity index (χ3n) is 3.75. The number of rotatable bonds is 7. The monoisotopic (exact) mass is 360 g/mol. The van der Waals surface area contributed by atoms with Gasteiger partial charge in [0.25, 0.3) is 0 Å². The number of carbonyl (C=O) groups is 2. The number of nitrogens with zero attached hydrogens (tertiary/aromatic N) is 1. The summed E-state index contributed by atoms with van der Waals surface area (Å²) in [6, 6.07) is 14.5. The van der Waals surface area contributed by atoms with Gasteiger partial charge >= 0.3 is 0 Å². The summed E-state index contributed by atoms with van der Waals surface area (Å²) in [7, 11) is 1.61. The molecule has 0 heterocycles. The largest absolute Gasteiger partial charge is 0.496 e. The van der Waals surface area contributed by atoms with E-state index in [0.717, 1.165) is 11.3 Å². The smallest absolute Gasteiger partial charge is 0.243 e. The highest BCUT2D eigenvalue weighted by Crippen LogP contribution is 2.18. The van der Waals surface area contributed by atoms with Gasteiger partial charge in [-0.15, -0.1) is 0 Å². The van der Waals surface area contributed by atoms with E-state index in [-0.39, 0.29) is 18.4 Å². The Balaban J connectivity index is 1.94. The summed E-state index contributed by atoms with van der Waals surface area (Å²) in [6.45, 7) is 1.88. The number of hydrogen-bond donors (Lipinski definition) is 1. The number of methoxy groups -OCH3 is 1. The van der Waals surface area contributed by atoms with Gasteiger partial charge in [-0.2, -0.15) is 0 Å². The first-order chi connectivity index (χ1) is 12.0. The van der Waals surface area contributed by atoms with Crippen LogP contribution in [0.4, 0.5) is 5.69 Å². The number of para-hydroxylation sites is 1. The molecule has 0 fully saturated rings. The van der Waals surface area contributed by atoms with Gasteiger partial charge < -0.3 is 15.0 Å². The molecule has 0 saturated heterocycles. The predicted octanol–water partition coefficient (Wildman–Crippen LogP) is 3.38. The van der Waals surface area contributed by atoms with Crippen LogP contribution in [-0.4, -0.2) is 36.9 Å². The van der Waals surface area contributed by atoms with Gasteiger partial charge in [-0.1, -0.05) is 29.8 Å². The highest BCUT2D eigenvalue weighted by atomic mass is 35.5. The number of carbonyl (C=O) groups excluding carboxylic acids is 2. The molecule has 25 heavy (non-hydrogen) atoms. The molecule has 0 aliphatic heterocycles. The molecule has 0 aliphatic rings. The van der Waals surface area contributed by atoms with Crippen LogP contribution >= 0.6 is 11.6 Å². The molecule has 1 N–H and O–H groups in total. The van der Waals surface area contributed by atoms with E-state index in [4.69, 9.17) is 16.3 Å². The van der Waals surface area contributed by atoms with Crippen LogP contribution in [0.5, 0.6) is 5.75 Å². The van der Waals surface area contributed by atoms with Crippen LogP contribution in [0.15, 0.2) is 48.5 Å². The Labute approximate surface area is 152 Å². The zero-order chi connectivity index (χ0) is 18.2. The van der Waals surface area contributed by atoms with Gasteiger partial charge in [0.1, 0.15) is 5.75 Å². The van der Waals surface area contributed by atoms with Crippen LogP contribution in [0.25, 0.3) is 0 Å². The van der Waals surface area contributed by atoms with E-state index < -0.39 is 0 Å². The quantitative estimate of drug-likeness (QED) is 0.823. The fraction of sp³-hybridized carbons (Fsp3) is 0.263. The number of hydrogen-bond acceptors (Lipinski definition) is 3. The third-order valence-corrected chi connectivity index (χ3v) is 4.00. The Hall–Kier alpha value is -2.53. The number of nitrogens with one attached hydrogen (secondary N) is 1. The van der Waals surface area contributed by atoms with Crippen molar-refractivity contribution in [2.45, 2.75) is 13.3 Å². The lowest BCUT2D eigenvalue weighted by molar-refractivity contribution is -0.132. The highest BCUT2D eigenvalue weighted by Gasteiger charge is 2.14. The van der Waals surface area contributed by atoms with Crippen LogP contribution < -0.4 is 10.1 Å². The van der Waals surface area contributed by atoms with Gasteiger partial charge in [0.2, 0.25) is 11.8 Å². The summed E-state index contributed by atoms with van der Waals surface area (Å²) in [5, 5.41) is 3.36. The van der Waals surface area contributed by atoms with E-state index in [2.05, 4.69) is 5.32 Å². The van der Waals surface area contributed by atoms with Gasteiger partial charge in [-0.25, -0.2) is 0 Å². The van der Waals surface area contributed by atoms with Crippen LogP contribution in [0, 0.1) is 0 Å². The van der Waals surface area contributed by atoms with Gasteiger partial charge in [0.15, 0.2) is 0 Å². The predicted molar refractivity (Wildman–Crippen MR) is 99.0 cm³/mol. The summed E-state index contributed by atoms with van der Waals surface area (Å²) in [5.74, 6) is 0.371. The molecule has 132 valence electrons. The molecule has 2 aromatic carbocycles. The molecule has 2 rings (SSSR count). The Morgan fingerprint density at radius 2 is 1.80 bits per heavy atom. The molecule has 0 atom stereocenters. The van der Waals surface area contributed by atoms with Crippen LogP contribution in [0.1, 0.15) is 12.5 Å². The number of ether oxygens (including phenoxy) is 1. The average molecular weight is 361 g/mol. The maximum Gasteiger partial charge on any atom is 0.243 e. The third kappa shape index (κ3) is 5.80. The lowest BCUT2D eigenvalue weighted by Gasteiger charge is -2.21. The van der Waals surface area contributed by atoms with E-state index in [9.17, 15) is 9.59 Å². The molecule has 2 aromatic rings. The minimum absolute atomic E-state index is 0.00684. The number of halogens is 1. The second-order valence-corrected chi connectivity index (χ2v) is 5.99. The van der Waals surface area contributed by atoms with Gasteiger partial charge in [0, 0.05) is 24.2 Å². The zero-order valence-corrected chi connectivity index (χ0v) is 15.0. The molecular weight excluding hydrogens is 340 g/mol. The van der Waals surface area contributed by atoms with Crippen molar-refractivity contribution in [2.75, 3.05) is 25.5 Å². The molecule has 0 bridgehead atoms. The molecule has 5 nitrogen and oxygen atoms in total. The lowest BCUT2D eigenvalue weighted by atomic mass is 10.1. The molecule has 0 spiro atoms. The normalized spacial score (nSPS) is 10.2. The van der Waals surface area contributed by atoms with E-state index in [1.165, 1.54) is 11.8 Å². The molecule has 0 saturated carbocycles. The fourth-order valence-corrected chi connectivity index (χ4v) is 2.55. The van der Waals surface area contributed by atoms with Crippen molar-refractivity contribution in [3.8, 4) is 5.75 Å². The second kappa shape index (κ2) is 9.08. The zero-order valence-electron chi connectivity index (χ0n) is 14.3. The van der Waals surface area contributed by atoms with Crippen LogP contribution in [0.3, 0.4) is 0 Å². The molecule has 0 aromatic heterocycles. The first kappa shape index (κ1) is 18.8. The van der Waals surface area contributed by atoms with Gasteiger partial charge in [0.05, 0.1) is 13.7 Å². The van der Waals surface area contributed by atoms with E-state index in [1.54, 1.807) is 31.4 Å². The fourth-order valence-electron chi connectivity index (χ4n) is 2.42. The summed E-state index contributed by atoms with van der Waals surface area (Å²) in [4.78, 5) is 25.5. The summed E-state index contributed by atoms with van der Waals surface area (Å²) in [5.41, 5.74) is 1.64. The van der Waals surface area contributed by atoms with Crippen molar-refractivity contribution >= 4 is 29.1 Å². The number of anilines is 1.